The molecular formula is C10H17F2Hf-. The summed E-state index contributed by atoms with van der Waals surface area (Å²) in [6, 6.07) is 0. The molecule has 0 radical (unpaired) electrons. The molecule has 1 rings (SSSR count). The van der Waals surface area contributed by atoms with E-state index in [1.165, 1.54) is 18.4 Å². The summed E-state index contributed by atoms with van der Waals surface area (Å²) in [7, 11) is 0. The van der Waals surface area contributed by atoms with Crippen LogP contribution in [0.25, 0.3) is 0 Å². The topological polar surface area (TPSA) is 0 Å². The molecule has 0 N–H and O–H groups in total. The van der Waals surface area contributed by atoms with Gasteiger partial charge in [0.25, 0.3) is 0 Å². The molecule has 0 heterocycles. The van der Waals surface area contributed by atoms with Gasteiger partial charge < -0.3 is 0 Å². The average Bonchev–Trinajstić information content (AvgIpc) is 2.34. The van der Waals surface area contributed by atoms with E-state index in [1.54, 1.807) is 0 Å². The van der Waals surface area contributed by atoms with Gasteiger partial charge in [0.2, 0.25) is 0 Å². The fourth-order valence-corrected chi connectivity index (χ4v) is 1.07. The van der Waals surface area contributed by atoms with Crippen LogP contribution in [0.1, 0.15) is 33.1 Å². The van der Waals surface area contributed by atoms with Crippen LogP contribution in [0.4, 0.5) is 9.41 Å². The summed E-state index contributed by atoms with van der Waals surface area (Å²) >= 11 is 0. The molecule has 0 aromatic heterocycles. The molecule has 0 saturated carbocycles. The van der Waals surface area contributed by atoms with E-state index in [0.717, 1.165) is 12.3 Å². The smallest absolute Gasteiger partial charge is 0 e. The van der Waals surface area contributed by atoms with Crippen molar-refractivity contribution in [3.63, 3.8) is 0 Å². The molecule has 76 valence electrons. The van der Waals surface area contributed by atoms with Gasteiger partial charge >= 0.3 is 0 Å². The second kappa shape index (κ2) is 10.3. The number of halogens is 2. The molecule has 0 fully saturated rings. The van der Waals surface area contributed by atoms with Gasteiger partial charge in [-0.25, -0.2) is 11.6 Å². The predicted octanol–water partition coefficient (Wildman–Crippen LogP) is 3.41. The average molecular weight is 354 g/mol. The first-order chi connectivity index (χ1) is 4.79. The molecular weight excluding hydrogens is 337 g/mol. The van der Waals surface area contributed by atoms with E-state index in [4.69, 9.17) is 0 Å². The van der Waals surface area contributed by atoms with Crippen LogP contribution in [0.3, 0.4) is 0 Å². The van der Waals surface area contributed by atoms with Crippen molar-refractivity contribution in [1.82, 2.24) is 0 Å². The summed E-state index contributed by atoms with van der Waals surface area (Å²) in [5.74, 6) is 0.822. The third-order valence-electron chi connectivity index (χ3n) is 1.76. The molecule has 13 heavy (non-hydrogen) atoms. The molecule has 0 spiro atoms. The molecule has 3 heteroatoms. The summed E-state index contributed by atoms with van der Waals surface area (Å²) in [5.41, 5.74) is 1.41. The van der Waals surface area contributed by atoms with Crippen LogP contribution in [-0.4, -0.2) is 0 Å². The van der Waals surface area contributed by atoms with Crippen LogP contribution < -0.4 is 0 Å². The van der Waals surface area contributed by atoms with Gasteiger partial charge in [-0.3, -0.25) is 15.5 Å². The Morgan fingerprint density at radius 1 is 1.38 bits per heavy atom. The van der Waals surface area contributed by atoms with Gasteiger partial charge in [0, 0.05) is 25.8 Å². The van der Waals surface area contributed by atoms with E-state index >= 15 is 0 Å². The van der Waals surface area contributed by atoms with Crippen molar-refractivity contribution < 1.29 is 35.3 Å². The van der Waals surface area contributed by atoms with Crippen molar-refractivity contribution in [3.05, 3.63) is 23.8 Å². The standard InChI is InChI=1S/C10H15.2FH.Hf/c1-9(2)7-8-10-5-3-4-6-10;;;/h3,5,9H,4,7-8H2,1-2H3;2*1H;/q-1;;;. The molecule has 1 aliphatic carbocycles. The molecule has 0 nitrogen and oxygen atoms in total. The zero-order valence-electron chi connectivity index (χ0n) is 8.17. The van der Waals surface area contributed by atoms with Crippen LogP contribution in [0.5, 0.6) is 0 Å². The Kier molecular flexibility index (Phi) is 15.0. The number of allylic oxidation sites excluding steroid dienone is 4. The summed E-state index contributed by atoms with van der Waals surface area (Å²) < 4.78 is 0. The Morgan fingerprint density at radius 2 is 2.00 bits per heavy atom. The van der Waals surface area contributed by atoms with Gasteiger partial charge in [0.05, 0.1) is 0 Å². The summed E-state index contributed by atoms with van der Waals surface area (Å²) in [6.07, 6.45) is 11.2. The van der Waals surface area contributed by atoms with Crippen LogP contribution in [0.15, 0.2) is 17.7 Å². The minimum Gasteiger partial charge on any atom is -0.269 e. The van der Waals surface area contributed by atoms with Gasteiger partial charge in [-0.1, -0.05) is 20.3 Å². The Labute approximate surface area is 98.0 Å². The van der Waals surface area contributed by atoms with Crippen molar-refractivity contribution in [2.75, 3.05) is 0 Å². The molecule has 0 aromatic rings. The molecule has 0 bridgehead atoms. The molecule has 0 aromatic carbocycles. The Bertz CT molecular complexity index is 162. The Balaban J connectivity index is -0.000000333. The molecule has 1 aliphatic rings. The van der Waals surface area contributed by atoms with E-state index < -0.39 is 0 Å². The van der Waals surface area contributed by atoms with Crippen LogP contribution in [0.2, 0.25) is 0 Å². The summed E-state index contributed by atoms with van der Waals surface area (Å²) in [4.78, 5) is 0. The van der Waals surface area contributed by atoms with Crippen molar-refractivity contribution in [1.29, 1.82) is 0 Å². The monoisotopic (exact) mass is 355 g/mol. The molecule has 0 unspecified atom stereocenters. The Hall–Kier alpha value is 0.210. The van der Waals surface area contributed by atoms with Crippen molar-refractivity contribution >= 4 is 0 Å². The molecule has 0 amide bonds. The van der Waals surface area contributed by atoms with E-state index in [2.05, 4.69) is 32.1 Å². The summed E-state index contributed by atoms with van der Waals surface area (Å²) in [5, 5.41) is 0. The van der Waals surface area contributed by atoms with E-state index in [0.29, 0.717) is 0 Å². The van der Waals surface area contributed by atoms with E-state index in [-0.39, 0.29) is 35.3 Å². The first kappa shape index (κ1) is 18.9. The largest absolute Gasteiger partial charge is 0.269 e. The fourth-order valence-electron chi connectivity index (χ4n) is 1.07. The third kappa shape index (κ3) is 8.54. The van der Waals surface area contributed by atoms with Gasteiger partial charge in [-0.2, -0.15) is 6.08 Å². The minimum atomic E-state index is 0. The second-order valence-electron chi connectivity index (χ2n) is 3.24. The normalized spacial score (nSPS) is 12.7. The van der Waals surface area contributed by atoms with Crippen LogP contribution in [-0.2, 0) is 25.8 Å². The maximum Gasteiger partial charge on any atom is 0 e. The Morgan fingerprint density at radius 3 is 2.38 bits per heavy atom. The minimum absolute atomic E-state index is 0. The molecule has 0 atom stereocenters. The first-order valence-electron chi connectivity index (χ1n) is 4.05. The fraction of sp³-hybridized carbons (Fsp3) is 0.600. The zero-order valence-corrected chi connectivity index (χ0v) is 11.8. The number of rotatable bonds is 3. The maximum absolute atomic E-state index is 3.32. The van der Waals surface area contributed by atoms with Gasteiger partial charge in [0.15, 0.2) is 0 Å². The third-order valence-corrected chi connectivity index (χ3v) is 1.76. The maximum atomic E-state index is 3.32. The van der Waals surface area contributed by atoms with Crippen molar-refractivity contribution in [2.45, 2.75) is 33.1 Å². The van der Waals surface area contributed by atoms with E-state index in [9.17, 15) is 0 Å². The van der Waals surface area contributed by atoms with E-state index in [1.807, 2.05) is 0 Å². The number of hydrogen-bond acceptors (Lipinski definition) is 0. The summed E-state index contributed by atoms with van der Waals surface area (Å²) in [6.45, 7) is 4.53. The molecule has 0 aliphatic heterocycles. The van der Waals surface area contributed by atoms with Gasteiger partial charge in [-0.05, 0) is 12.3 Å². The second-order valence-corrected chi connectivity index (χ2v) is 3.24. The molecule has 0 saturated heterocycles. The van der Waals surface area contributed by atoms with Crippen LogP contribution in [0, 0.1) is 12.0 Å². The number of hydrogen-bond donors (Lipinski definition) is 0. The van der Waals surface area contributed by atoms with Crippen LogP contribution >= 0.6 is 0 Å². The first-order valence-corrected chi connectivity index (χ1v) is 4.05. The van der Waals surface area contributed by atoms with Crippen molar-refractivity contribution in [2.24, 2.45) is 5.92 Å². The van der Waals surface area contributed by atoms with Crippen molar-refractivity contribution in [3.8, 4) is 0 Å². The quantitative estimate of drug-likeness (QED) is 0.539. The predicted molar refractivity (Wildman–Crippen MR) is 49.6 cm³/mol. The SMILES string of the molecule is CC(C)CCC1=[C-]CC=C1.F.F.[Hf]. The van der Waals surface area contributed by atoms with Gasteiger partial charge in [-0.15, -0.1) is 6.42 Å². The van der Waals surface area contributed by atoms with Gasteiger partial charge in [0.1, 0.15) is 0 Å². The zero-order chi connectivity index (χ0) is 7.40.